The molecular formula is C18H19N5O4. The maximum Gasteiger partial charge on any atom is 0.256 e. The van der Waals surface area contributed by atoms with Crippen LogP contribution in [0.1, 0.15) is 23.0 Å². The van der Waals surface area contributed by atoms with Crippen molar-refractivity contribution in [3.05, 3.63) is 48.5 Å². The number of methoxy groups -OCH3 is 1. The van der Waals surface area contributed by atoms with E-state index in [1.807, 2.05) is 6.07 Å². The number of hydrogen-bond acceptors (Lipinski definition) is 7. The number of nitrogens with zero attached hydrogens (tertiary/aromatic N) is 4. The van der Waals surface area contributed by atoms with E-state index in [0.717, 1.165) is 0 Å². The standard InChI is InChI=1S/C18H19N5O4/c1-26-13-7-12(8-24)27-18(13)23-10-21-14-15(19-9-20-16(14)23)22-17(25)11-5-3-2-4-6-11/h2-6,9-10,12-13,18,24H,7-8H2,1H3,(H,19,20,22,25)/t12?,13-,18?/m1/s1. The van der Waals surface area contributed by atoms with E-state index >= 15 is 0 Å². The van der Waals surface area contributed by atoms with E-state index in [9.17, 15) is 9.90 Å². The predicted molar refractivity (Wildman–Crippen MR) is 96.1 cm³/mol. The summed E-state index contributed by atoms with van der Waals surface area (Å²) in [4.78, 5) is 25.2. The van der Waals surface area contributed by atoms with Crippen LogP contribution in [0.5, 0.6) is 0 Å². The summed E-state index contributed by atoms with van der Waals surface area (Å²) >= 11 is 0. The molecule has 0 spiro atoms. The highest BCUT2D eigenvalue weighted by Crippen LogP contribution is 2.33. The Balaban J connectivity index is 1.65. The van der Waals surface area contributed by atoms with E-state index in [2.05, 4.69) is 20.3 Å². The smallest absolute Gasteiger partial charge is 0.256 e. The Kier molecular flexibility index (Phi) is 4.80. The number of benzene rings is 1. The Hall–Kier alpha value is -2.88. The average molecular weight is 369 g/mol. The maximum atomic E-state index is 12.4. The molecule has 2 aromatic heterocycles. The van der Waals surface area contributed by atoms with Crippen molar-refractivity contribution in [3.8, 4) is 0 Å². The van der Waals surface area contributed by atoms with Crippen molar-refractivity contribution in [2.45, 2.75) is 24.9 Å². The minimum atomic E-state index is -0.468. The molecule has 0 saturated carbocycles. The van der Waals surface area contributed by atoms with Crippen LogP contribution in [-0.2, 0) is 9.47 Å². The molecular weight excluding hydrogens is 350 g/mol. The summed E-state index contributed by atoms with van der Waals surface area (Å²) in [7, 11) is 1.60. The van der Waals surface area contributed by atoms with Crippen LogP contribution in [0.25, 0.3) is 11.2 Å². The zero-order valence-corrected chi connectivity index (χ0v) is 14.6. The van der Waals surface area contributed by atoms with Gasteiger partial charge in [-0.05, 0) is 12.1 Å². The summed E-state index contributed by atoms with van der Waals surface area (Å²) < 4.78 is 13.1. The number of ether oxygens (including phenoxy) is 2. The third kappa shape index (κ3) is 3.27. The highest BCUT2D eigenvalue weighted by Gasteiger charge is 2.37. The van der Waals surface area contributed by atoms with Crippen LogP contribution in [0.15, 0.2) is 43.0 Å². The third-order valence-electron chi connectivity index (χ3n) is 4.55. The number of carbonyl (C=O) groups excluding carboxylic acids is 1. The molecule has 9 heteroatoms. The van der Waals surface area contributed by atoms with Crippen molar-refractivity contribution in [2.75, 3.05) is 19.0 Å². The van der Waals surface area contributed by atoms with Gasteiger partial charge in [0.05, 0.1) is 19.0 Å². The molecule has 3 aromatic rings. The minimum absolute atomic E-state index is 0.0869. The molecule has 1 amide bonds. The van der Waals surface area contributed by atoms with E-state index < -0.39 is 6.23 Å². The highest BCUT2D eigenvalue weighted by atomic mass is 16.6. The number of aliphatic hydroxyl groups excluding tert-OH is 1. The first-order chi connectivity index (χ1) is 13.2. The number of amides is 1. The van der Waals surface area contributed by atoms with E-state index in [4.69, 9.17) is 9.47 Å². The van der Waals surface area contributed by atoms with Crippen LogP contribution in [-0.4, -0.2) is 56.5 Å². The Labute approximate surface area is 155 Å². The number of rotatable bonds is 5. The van der Waals surface area contributed by atoms with Crippen molar-refractivity contribution in [1.82, 2.24) is 19.5 Å². The summed E-state index contributed by atoms with van der Waals surface area (Å²) in [5.41, 5.74) is 1.49. The molecule has 2 N–H and O–H groups in total. The van der Waals surface area contributed by atoms with E-state index in [1.54, 1.807) is 42.3 Å². The molecule has 0 aliphatic carbocycles. The third-order valence-corrected chi connectivity index (χ3v) is 4.55. The maximum absolute atomic E-state index is 12.4. The summed E-state index contributed by atoms with van der Waals surface area (Å²) in [5.74, 6) is 0.0376. The molecule has 1 saturated heterocycles. The van der Waals surface area contributed by atoms with Crippen molar-refractivity contribution in [1.29, 1.82) is 0 Å². The Morgan fingerprint density at radius 2 is 2.15 bits per heavy atom. The summed E-state index contributed by atoms with van der Waals surface area (Å²) in [5, 5.41) is 12.2. The molecule has 0 radical (unpaired) electrons. The van der Waals surface area contributed by atoms with Crippen molar-refractivity contribution in [3.63, 3.8) is 0 Å². The first-order valence-corrected chi connectivity index (χ1v) is 8.54. The SMILES string of the molecule is CO[C@@H]1CC(CO)OC1n1cnc2c(NC(=O)c3ccccc3)ncnc21. The lowest BCUT2D eigenvalue weighted by atomic mass is 10.2. The molecule has 9 nitrogen and oxygen atoms in total. The molecule has 3 atom stereocenters. The van der Waals surface area contributed by atoms with Crippen LogP contribution in [0.2, 0.25) is 0 Å². The van der Waals surface area contributed by atoms with Gasteiger partial charge in [-0.3, -0.25) is 9.36 Å². The second-order valence-corrected chi connectivity index (χ2v) is 6.21. The van der Waals surface area contributed by atoms with Crippen molar-refractivity contribution < 1.29 is 19.4 Å². The number of aromatic nitrogens is 4. The number of hydrogen-bond donors (Lipinski definition) is 2. The molecule has 1 fully saturated rings. The molecule has 140 valence electrons. The van der Waals surface area contributed by atoms with Crippen LogP contribution in [0.3, 0.4) is 0 Å². The monoisotopic (exact) mass is 369 g/mol. The number of nitrogens with one attached hydrogen (secondary N) is 1. The minimum Gasteiger partial charge on any atom is -0.394 e. The molecule has 2 unspecified atom stereocenters. The first-order valence-electron chi connectivity index (χ1n) is 8.54. The number of imidazole rings is 1. The van der Waals surface area contributed by atoms with Gasteiger partial charge in [-0.25, -0.2) is 15.0 Å². The van der Waals surface area contributed by atoms with E-state index in [0.29, 0.717) is 29.0 Å². The van der Waals surface area contributed by atoms with E-state index in [1.165, 1.54) is 6.33 Å². The van der Waals surface area contributed by atoms with Crippen LogP contribution in [0, 0.1) is 0 Å². The molecule has 1 aliphatic heterocycles. The summed E-state index contributed by atoms with van der Waals surface area (Å²) in [6.45, 7) is -0.0869. The Bertz CT molecular complexity index is 945. The lowest BCUT2D eigenvalue weighted by Crippen LogP contribution is -2.21. The second-order valence-electron chi connectivity index (χ2n) is 6.21. The van der Waals surface area contributed by atoms with Crippen molar-refractivity contribution >= 4 is 22.9 Å². The molecule has 1 aliphatic rings. The Morgan fingerprint density at radius 3 is 2.89 bits per heavy atom. The zero-order valence-electron chi connectivity index (χ0n) is 14.6. The van der Waals surface area contributed by atoms with Gasteiger partial charge in [0.1, 0.15) is 12.4 Å². The topological polar surface area (TPSA) is 111 Å². The molecule has 0 bridgehead atoms. The zero-order chi connectivity index (χ0) is 18.8. The number of anilines is 1. The lowest BCUT2D eigenvalue weighted by Gasteiger charge is -2.18. The van der Waals surface area contributed by atoms with Gasteiger partial charge < -0.3 is 19.9 Å². The second kappa shape index (κ2) is 7.39. The van der Waals surface area contributed by atoms with Gasteiger partial charge in [0.2, 0.25) is 0 Å². The molecule has 27 heavy (non-hydrogen) atoms. The van der Waals surface area contributed by atoms with Crippen molar-refractivity contribution in [2.24, 2.45) is 0 Å². The normalized spacial score (nSPS) is 22.2. The van der Waals surface area contributed by atoms with Gasteiger partial charge >= 0.3 is 0 Å². The van der Waals surface area contributed by atoms with Crippen LogP contribution >= 0.6 is 0 Å². The van der Waals surface area contributed by atoms with Gasteiger partial charge in [-0.2, -0.15) is 0 Å². The van der Waals surface area contributed by atoms with Crippen LogP contribution < -0.4 is 5.32 Å². The lowest BCUT2D eigenvalue weighted by molar-refractivity contribution is -0.0583. The van der Waals surface area contributed by atoms with Gasteiger partial charge in [0, 0.05) is 19.1 Å². The predicted octanol–water partition coefficient (Wildman–Crippen LogP) is 1.37. The van der Waals surface area contributed by atoms with Gasteiger partial charge in [0.15, 0.2) is 23.2 Å². The average Bonchev–Trinajstić information content (AvgIpc) is 3.32. The van der Waals surface area contributed by atoms with Gasteiger partial charge in [0.25, 0.3) is 5.91 Å². The fraction of sp³-hybridized carbons (Fsp3) is 0.333. The fourth-order valence-corrected chi connectivity index (χ4v) is 3.19. The number of fused-ring (bicyclic) bond motifs is 1. The number of aliphatic hydroxyl groups is 1. The summed E-state index contributed by atoms with van der Waals surface area (Å²) in [6.07, 6.45) is 2.49. The van der Waals surface area contributed by atoms with Gasteiger partial charge in [-0.1, -0.05) is 18.2 Å². The summed E-state index contributed by atoms with van der Waals surface area (Å²) in [6, 6.07) is 8.86. The van der Waals surface area contributed by atoms with Gasteiger partial charge in [-0.15, -0.1) is 0 Å². The van der Waals surface area contributed by atoms with Crippen LogP contribution in [0.4, 0.5) is 5.82 Å². The Morgan fingerprint density at radius 1 is 1.33 bits per heavy atom. The first kappa shape index (κ1) is 17.5. The molecule has 3 heterocycles. The highest BCUT2D eigenvalue weighted by molar-refractivity contribution is 6.06. The largest absolute Gasteiger partial charge is 0.394 e. The number of carbonyl (C=O) groups is 1. The molecule has 4 rings (SSSR count). The molecule has 1 aromatic carbocycles. The fourth-order valence-electron chi connectivity index (χ4n) is 3.19. The quantitative estimate of drug-likeness (QED) is 0.699. The van der Waals surface area contributed by atoms with E-state index in [-0.39, 0.29) is 24.7 Å².